The van der Waals surface area contributed by atoms with E-state index in [4.69, 9.17) is 9.47 Å². The minimum absolute atomic E-state index is 0.169. The van der Waals surface area contributed by atoms with Gasteiger partial charge in [-0.05, 0) is 0 Å². The van der Waals surface area contributed by atoms with Gasteiger partial charge in [0.15, 0.2) is 23.0 Å². The van der Waals surface area contributed by atoms with Crippen LogP contribution in [0.15, 0.2) is 48.5 Å². The number of rotatable bonds is 5. The van der Waals surface area contributed by atoms with Crippen LogP contribution in [0.3, 0.4) is 0 Å². The predicted octanol–water partition coefficient (Wildman–Crippen LogP) is 3.99. The standard InChI is InChI=1S/C24H18O12/c25-9-1-10(26)3-13(2-9)35-23-17(32)6-12(28)7-19(23)36-24-18(33)8-16(31)21(22(24)34)20-14(29)4-11(27)5-15(20)30/h1-8,25-34H. The molecule has 0 aliphatic rings. The Morgan fingerprint density at radius 3 is 1.47 bits per heavy atom. The maximum atomic E-state index is 10.8. The van der Waals surface area contributed by atoms with Crippen LogP contribution in [0.5, 0.6) is 80.5 Å². The lowest BCUT2D eigenvalue weighted by Gasteiger charge is -2.18. The Morgan fingerprint density at radius 1 is 0.389 bits per heavy atom. The van der Waals surface area contributed by atoms with Crippen LogP contribution in [-0.4, -0.2) is 51.1 Å². The van der Waals surface area contributed by atoms with E-state index in [1.165, 1.54) is 0 Å². The molecule has 0 aliphatic carbocycles. The van der Waals surface area contributed by atoms with Crippen LogP contribution in [0, 0.1) is 0 Å². The van der Waals surface area contributed by atoms with Crippen molar-refractivity contribution in [2.45, 2.75) is 0 Å². The molecule has 4 rings (SSSR count). The molecule has 0 saturated heterocycles. The quantitative estimate of drug-likeness (QED) is 0.189. The molecule has 10 N–H and O–H groups in total. The van der Waals surface area contributed by atoms with Crippen molar-refractivity contribution in [3.63, 3.8) is 0 Å². The van der Waals surface area contributed by atoms with E-state index in [2.05, 4.69) is 0 Å². The van der Waals surface area contributed by atoms with Gasteiger partial charge in [0, 0.05) is 48.5 Å². The smallest absolute Gasteiger partial charge is 0.211 e. The highest BCUT2D eigenvalue weighted by Crippen LogP contribution is 2.56. The summed E-state index contributed by atoms with van der Waals surface area (Å²) in [6.07, 6.45) is 0. The number of ether oxygens (including phenoxy) is 2. The molecule has 0 bridgehead atoms. The average Bonchev–Trinajstić information content (AvgIpc) is 2.74. The summed E-state index contributed by atoms with van der Waals surface area (Å²) in [5.41, 5.74) is -1.11. The fourth-order valence-electron chi connectivity index (χ4n) is 3.43. The first kappa shape index (κ1) is 23.6. The van der Waals surface area contributed by atoms with E-state index in [-0.39, 0.29) is 17.2 Å². The van der Waals surface area contributed by atoms with Gasteiger partial charge < -0.3 is 60.5 Å². The number of phenols is 10. The first-order chi connectivity index (χ1) is 16.9. The van der Waals surface area contributed by atoms with Gasteiger partial charge in [0.2, 0.25) is 11.5 Å². The topological polar surface area (TPSA) is 221 Å². The van der Waals surface area contributed by atoms with Crippen molar-refractivity contribution in [2.24, 2.45) is 0 Å². The van der Waals surface area contributed by atoms with E-state index in [0.717, 1.165) is 42.5 Å². The van der Waals surface area contributed by atoms with Gasteiger partial charge >= 0.3 is 0 Å². The molecule has 0 spiro atoms. The molecule has 36 heavy (non-hydrogen) atoms. The SMILES string of the molecule is Oc1cc(O)cc(Oc2c(O)cc(O)cc2Oc2c(O)cc(O)c(-c3c(O)cc(O)cc3O)c2O)c1. The molecule has 0 aromatic heterocycles. The normalized spacial score (nSPS) is 10.8. The van der Waals surface area contributed by atoms with Gasteiger partial charge in [0.25, 0.3) is 0 Å². The van der Waals surface area contributed by atoms with Gasteiger partial charge in [0.05, 0.1) is 11.1 Å². The first-order valence-corrected chi connectivity index (χ1v) is 9.92. The Hall–Kier alpha value is -5.52. The van der Waals surface area contributed by atoms with Crippen molar-refractivity contribution >= 4 is 0 Å². The minimum Gasteiger partial charge on any atom is -0.508 e. The van der Waals surface area contributed by atoms with Crippen molar-refractivity contribution < 1.29 is 60.5 Å². The molecule has 0 fully saturated rings. The van der Waals surface area contributed by atoms with Crippen LogP contribution in [0.25, 0.3) is 11.1 Å². The number of benzene rings is 4. The van der Waals surface area contributed by atoms with Gasteiger partial charge in [0.1, 0.15) is 46.0 Å². The third kappa shape index (κ3) is 4.33. The van der Waals surface area contributed by atoms with Crippen molar-refractivity contribution in [1.29, 1.82) is 0 Å². The largest absolute Gasteiger partial charge is 0.508 e. The summed E-state index contributed by atoms with van der Waals surface area (Å²) in [5, 5.41) is 101. The van der Waals surface area contributed by atoms with Gasteiger partial charge in [-0.3, -0.25) is 0 Å². The molecule has 4 aromatic rings. The van der Waals surface area contributed by atoms with E-state index in [1.807, 2.05) is 0 Å². The summed E-state index contributed by atoms with van der Waals surface area (Å²) < 4.78 is 11.0. The molecule has 0 heterocycles. The van der Waals surface area contributed by atoms with Crippen LogP contribution in [0.2, 0.25) is 0 Å². The summed E-state index contributed by atoms with van der Waals surface area (Å²) in [7, 11) is 0. The summed E-state index contributed by atoms with van der Waals surface area (Å²) in [6.45, 7) is 0. The second-order valence-electron chi connectivity index (χ2n) is 7.51. The van der Waals surface area contributed by atoms with E-state index in [0.29, 0.717) is 6.07 Å². The van der Waals surface area contributed by atoms with Crippen molar-refractivity contribution in [3.8, 4) is 91.6 Å². The Balaban J connectivity index is 1.86. The molecule has 0 saturated carbocycles. The molecule has 0 atom stereocenters. The molecule has 12 heteroatoms. The van der Waals surface area contributed by atoms with Crippen LogP contribution in [-0.2, 0) is 0 Å². The highest BCUT2D eigenvalue weighted by molar-refractivity contribution is 5.88. The van der Waals surface area contributed by atoms with Crippen LogP contribution in [0.1, 0.15) is 0 Å². The van der Waals surface area contributed by atoms with E-state index in [9.17, 15) is 51.1 Å². The molecule has 12 nitrogen and oxygen atoms in total. The molecule has 0 radical (unpaired) electrons. The lowest BCUT2D eigenvalue weighted by Crippen LogP contribution is -1.94. The Bertz CT molecular complexity index is 1450. The summed E-state index contributed by atoms with van der Waals surface area (Å²) in [5.74, 6) is -8.48. The van der Waals surface area contributed by atoms with Gasteiger partial charge in [-0.15, -0.1) is 0 Å². The summed E-state index contributed by atoms with van der Waals surface area (Å²) in [4.78, 5) is 0. The number of aromatic hydroxyl groups is 10. The van der Waals surface area contributed by atoms with E-state index < -0.39 is 74.4 Å². The summed E-state index contributed by atoms with van der Waals surface area (Å²) in [6, 6.07) is 7.35. The Morgan fingerprint density at radius 2 is 0.861 bits per heavy atom. The monoisotopic (exact) mass is 498 g/mol. The van der Waals surface area contributed by atoms with Crippen LogP contribution in [0.4, 0.5) is 0 Å². The second kappa shape index (κ2) is 8.68. The average molecular weight is 498 g/mol. The highest BCUT2D eigenvalue weighted by atomic mass is 16.5. The van der Waals surface area contributed by atoms with Crippen LogP contribution >= 0.6 is 0 Å². The molecule has 4 aromatic carbocycles. The van der Waals surface area contributed by atoms with Crippen LogP contribution < -0.4 is 9.47 Å². The third-order valence-electron chi connectivity index (χ3n) is 4.87. The fraction of sp³-hybridized carbons (Fsp3) is 0. The Labute approximate surface area is 201 Å². The van der Waals surface area contributed by atoms with E-state index >= 15 is 0 Å². The second-order valence-corrected chi connectivity index (χ2v) is 7.51. The fourth-order valence-corrected chi connectivity index (χ4v) is 3.43. The molecule has 0 unspecified atom stereocenters. The van der Waals surface area contributed by atoms with Gasteiger partial charge in [-0.25, -0.2) is 0 Å². The van der Waals surface area contributed by atoms with Crippen molar-refractivity contribution in [3.05, 3.63) is 48.5 Å². The molecular formula is C24H18O12. The molecular weight excluding hydrogens is 480 g/mol. The lowest BCUT2D eigenvalue weighted by molar-refractivity contribution is 0.344. The number of phenolic OH excluding ortho intramolecular Hbond substituents is 10. The van der Waals surface area contributed by atoms with Crippen molar-refractivity contribution in [2.75, 3.05) is 0 Å². The molecule has 0 amide bonds. The maximum absolute atomic E-state index is 10.8. The molecule has 186 valence electrons. The lowest BCUT2D eigenvalue weighted by atomic mass is 10.00. The number of hydrogen-bond donors (Lipinski definition) is 10. The minimum atomic E-state index is -0.993. The predicted molar refractivity (Wildman–Crippen MR) is 122 cm³/mol. The van der Waals surface area contributed by atoms with Crippen molar-refractivity contribution in [1.82, 2.24) is 0 Å². The summed E-state index contributed by atoms with van der Waals surface area (Å²) >= 11 is 0. The number of hydrogen-bond acceptors (Lipinski definition) is 12. The molecule has 0 aliphatic heterocycles. The Kier molecular flexibility index (Phi) is 5.70. The first-order valence-electron chi connectivity index (χ1n) is 9.92. The maximum Gasteiger partial charge on any atom is 0.211 e. The zero-order valence-corrected chi connectivity index (χ0v) is 17.9. The van der Waals surface area contributed by atoms with Gasteiger partial charge in [-0.1, -0.05) is 0 Å². The van der Waals surface area contributed by atoms with E-state index in [1.54, 1.807) is 0 Å². The zero-order chi connectivity index (χ0) is 26.3. The van der Waals surface area contributed by atoms with Gasteiger partial charge in [-0.2, -0.15) is 0 Å². The highest BCUT2D eigenvalue weighted by Gasteiger charge is 2.27. The zero-order valence-electron chi connectivity index (χ0n) is 17.9. The third-order valence-corrected chi connectivity index (χ3v) is 4.87.